The molecule has 0 amide bonds. The third-order valence-electron chi connectivity index (χ3n) is 2.82. The van der Waals surface area contributed by atoms with Gasteiger partial charge in [-0.25, -0.2) is 0 Å². The molecule has 2 atom stereocenters. The number of rotatable bonds is 7. The highest BCUT2D eigenvalue weighted by Gasteiger charge is 2.24. The van der Waals surface area contributed by atoms with E-state index in [1.807, 2.05) is 19.1 Å². The van der Waals surface area contributed by atoms with Crippen LogP contribution in [-0.4, -0.2) is 12.7 Å². The topological polar surface area (TPSA) is 47.3 Å². The fourth-order valence-electron chi connectivity index (χ4n) is 2.00. The van der Waals surface area contributed by atoms with Crippen molar-refractivity contribution in [2.45, 2.75) is 38.8 Å². The maximum Gasteiger partial charge on any atom is 0.0783 e. The lowest BCUT2D eigenvalue weighted by Crippen LogP contribution is -2.38. The van der Waals surface area contributed by atoms with Crippen LogP contribution in [0.4, 0.5) is 0 Å². The van der Waals surface area contributed by atoms with Crippen LogP contribution >= 0.6 is 23.2 Å². The second-order valence-corrected chi connectivity index (χ2v) is 4.86. The van der Waals surface area contributed by atoms with E-state index in [2.05, 4.69) is 12.3 Å². The first kappa shape index (κ1) is 15.7. The predicted octanol–water partition coefficient (Wildman–Crippen LogP) is 3.70. The van der Waals surface area contributed by atoms with E-state index in [9.17, 15) is 0 Å². The quantitative estimate of drug-likeness (QED) is 0.595. The second kappa shape index (κ2) is 7.97. The number of nitrogens with two attached hydrogens (primary N) is 1. The molecule has 1 aromatic rings. The zero-order chi connectivity index (χ0) is 13.5. The Labute approximate surface area is 119 Å². The van der Waals surface area contributed by atoms with Crippen molar-refractivity contribution in [1.29, 1.82) is 0 Å². The van der Waals surface area contributed by atoms with Crippen molar-refractivity contribution in [3.63, 3.8) is 0 Å². The summed E-state index contributed by atoms with van der Waals surface area (Å²) in [6.07, 6.45) is 1.91. The zero-order valence-corrected chi connectivity index (χ0v) is 12.3. The van der Waals surface area contributed by atoms with E-state index >= 15 is 0 Å². The molecule has 0 radical (unpaired) electrons. The van der Waals surface area contributed by atoms with Gasteiger partial charge < -0.3 is 4.74 Å². The molecule has 1 aromatic carbocycles. The molecule has 3 N–H and O–H groups in total. The van der Waals surface area contributed by atoms with E-state index in [1.54, 1.807) is 6.07 Å². The predicted molar refractivity (Wildman–Crippen MR) is 76.8 cm³/mol. The third kappa shape index (κ3) is 3.84. The van der Waals surface area contributed by atoms with Crippen LogP contribution in [0.1, 0.15) is 38.3 Å². The van der Waals surface area contributed by atoms with Gasteiger partial charge in [-0.1, -0.05) is 48.7 Å². The SMILES string of the molecule is CCCC(OCC)C(NN)c1cccc(Cl)c1Cl. The first-order valence-electron chi connectivity index (χ1n) is 6.17. The Bertz CT molecular complexity index is 368. The number of benzene rings is 1. The minimum absolute atomic E-state index is 0.0130. The Kier molecular flexibility index (Phi) is 6.97. The van der Waals surface area contributed by atoms with Gasteiger partial charge in [-0.2, -0.15) is 0 Å². The first-order valence-corrected chi connectivity index (χ1v) is 6.92. The molecule has 0 aliphatic carbocycles. The number of hydrazine groups is 1. The summed E-state index contributed by atoms with van der Waals surface area (Å²) in [5.41, 5.74) is 3.66. The monoisotopic (exact) mass is 290 g/mol. The normalized spacial score (nSPS) is 14.5. The number of halogens is 2. The summed E-state index contributed by atoms with van der Waals surface area (Å²) < 4.78 is 5.74. The van der Waals surface area contributed by atoms with Crippen molar-refractivity contribution in [1.82, 2.24) is 5.43 Å². The molecule has 0 bridgehead atoms. The molecule has 0 heterocycles. The molecule has 0 saturated carbocycles. The highest BCUT2D eigenvalue weighted by molar-refractivity contribution is 6.42. The summed E-state index contributed by atoms with van der Waals surface area (Å²) in [5.74, 6) is 5.65. The van der Waals surface area contributed by atoms with Crippen LogP contribution in [0.5, 0.6) is 0 Å². The number of nitrogens with one attached hydrogen (secondary N) is 1. The summed E-state index contributed by atoms with van der Waals surface area (Å²) in [4.78, 5) is 0. The van der Waals surface area contributed by atoms with Crippen molar-refractivity contribution < 1.29 is 4.74 Å². The summed E-state index contributed by atoms with van der Waals surface area (Å²) in [5, 5.41) is 1.06. The average Bonchev–Trinajstić information content (AvgIpc) is 2.36. The largest absolute Gasteiger partial charge is 0.376 e. The minimum atomic E-state index is -0.156. The van der Waals surface area contributed by atoms with Gasteiger partial charge in [0.25, 0.3) is 0 Å². The molecule has 0 spiro atoms. The lowest BCUT2D eigenvalue weighted by Gasteiger charge is -2.27. The number of hydrogen-bond acceptors (Lipinski definition) is 3. The van der Waals surface area contributed by atoms with E-state index < -0.39 is 0 Å². The summed E-state index contributed by atoms with van der Waals surface area (Å²) in [6, 6.07) is 5.39. The van der Waals surface area contributed by atoms with E-state index in [4.69, 9.17) is 33.8 Å². The van der Waals surface area contributed by atoms with Crippen molar-refractivity contribution in [2.24, 2.45) is 5.84 Å². The molecule has 0 fully saturated rings. The van der Waals surface area contributed by atoms with Gasteiger partial charge in [0.15, 0.2) is 0 Å². The molecule has 0 aliphatic heterocycles. The van der Waals surface area contributed by atoms with Crippen molar-refractivity contribution in [3.8, 4) is 0 Å². The molecule has 18 heavy (non-hydrogen) atoms. The van der Waals surface area contributed by atoms with Crippen LogP contribution in [0.3, 0.4) is 0 Å². The molecule has 102 valence electrons. The molecule has 0 aliphatic rings. The third-order valence-corrected chi connectivity index (χ3v) is 3.66. The molecule has 2 unspecified atom stereocenters. The Morgan fingerprint density at radius 2 is 2.06 bits per heavy atom. The molecule has 1 rings (SSSR count). The summed E-state index contributed by atoms with van der Waals surface area (Å²) >= 11 is 12.3. The summed E-state index contributed by atoms with van der Waals surface area (Å²) in [6.45, 7) is 4.72. The van der Waals surface area contributed by atoms with Crippen LogP contribution in [0.15, 0.2) is 18.2 Å². The lowest BCUT2D eigenvalue weighted by atomic mass is 9.98. The van der Waals surface area contributed by atoms with Gasteiger partial charge in [0.2, 0.25) is 0 Å². The molecule has 0 aromatic heterocycles. The highest BCUT2D eigenvalue weighted by atomic mass is 35.5. The fourth-order valence-corrected chi connectivity index (χ4v) is 2.43. The highest BCUT2D eigenvalue weighted by Crippen LogP contribution is 2.32. The Morgan fingerprint density at radius 1 is 1.33 bits per heavy atom. The number of ether oxygens (including phenoxy) is 1. The van der Waals surface area contributed by atoms with E-state index in [0.717, 1.165) is 18.4 Å². The average molecular weight is 291 g/mol. The molecule has 0 saturated heterocycles. The lowest BCUT2D eigenvalue weighted by molar-refractivity contribution is 0.0276. The van der Waals surface area contributed by atoms with Crippen LogP contribution in [0.2, 0.25) is 10.0 Å². The van der Waals surface area contributed by atoms with Gasteiger partial charge in [-0.05, 0) is 25.0 Å². The van der Waals surface area contributed by atoms with E-state index in [1.165, 1.54) is 0 Å². The van der Waals surface area contributed by atoms with Crippen LogP contribution in [-0.2, 0) is 4.74 Å². The second-order valence-electron chi connectivity index (χ2n) is 4.07. The van der Waals surface area contributed by atoms with Gasteiger partial charge in [0.1, 0.15) is 0 Å². The maximum atomic E-state index is 6.23. The van der Waals surface area contributed by atoms with Crippen LogP contribution in [0.25, 0.3) is 0 Å². The van der Waals surface area contributed by atoms with E-state index in [-0.39, 0.29) is 12.1 Å². The summed E-state index contributed by atoms with van der Waals surface area (Å²) in [7, 11) is 0. The van der Waals surface area contributed by atoms with Crippen LogP contribution < -0.4 is 11.3 Å². The molecular formula is C13H20Cl2N2O. The Morgan fingerprint density at radius 3 is 2.61 bits per heavy atom. The van der Waals surface area contributed by atoms with Crippen molar-refractivity contribution in [3.05, 3.63) is 33.8 Å². The van der Waals surface area contributed by atoms with Crippen molar-refractivity contribution >= 4 is 23.2 Å². The standard InChI is InChI=1S/C13H20Cl2N2O/c1-3-6-11(18-4-2)13(17-16)9-7-5-8-10(14)12(9)15/h5,7-8,11,13,17H,3-4,6,16H2,1-2H3. The smallest absolute Gasteiger partial charge is 0.0783 e. The first-order chi connectivity index (χ1) is 8.65. The molecule has 3 nitrogen and oxygen atoms in total. The Balaban J connectivity index is 3.02. The minimum Gasteiger partial charge on any atom is -0.376 e. The molecule has 5 heteroatoms. The van der Waals surface area contributed by atoms with Gasteiger partial charge in [0.05, 0.1) is 22.2 Å². The molecular weight excluding hydrogens is 271 g/mol. The van der Waals surface area contributed by atoms with Gasteiger partial charge in [-0.15, -0.1) is 0 Å². The van der Waals surface area contributed by atoms with E-state index in [0.29, 0.717) is 16.7 Å². The van der Waals surface area contributed by atoms with Gasteiger partial charge in [0, 0.05) is 6.61 Å². The van der Waals surface area contributed by atoms with Crippen molar-refractivity contribution in [2.75, 3.05) is 6.61 Å². The zero-order valence-electron chi connectivity index (χ0n) is 10.7. The maximum absolute atomic E-state index is 6.23. The fraction of sp³-hybridized carbons (Fsp3) is 0.538. The Hall–Kier alpha value is -0.320. The number of hydrogen-bond donors (Lipinski definition) is 2. The van der Waals surface area contributed by atoms with Gasteiger partial charge >= 0.3 is 0 Å². The van der Waals surface area contributed by atoms with Crippen LogP contribution in [0, 0.1) is 0 Å². The van der Waals surface area contributed by atoms with Gasteiger partial charge in [-0.3, -0.25) is 11.3 Å².